The number of thiophene rings is 1. The lowest BCUT2D eigenvalue weighted by molar-refractivity contribution is -0.127. The van der Waals surface area contributed by atoms with Gasteiger partial charge in [0.2, 0.25) is 5.91 Å². The van der Waals surface area contributed by atoms with Gasteiger partial charge in [0.25, 0.3) is 5.91 Å². The van der Waals surface area contributed by atoms with Gasteiger partial charge in [-0.2, -0.15) is 0 Å². The van der Waals surface area contributed by atoms with Crippen molar-refractivity contribution in [1.29, 1.82) is 0 Å². The van der Waals surface area contributed by atoms with E-state index in [1.54, 1.807) is 11.3 Å². The second-order valence-electron chi connectivity index (χ2n) is 6.04. The lowest BCUT2D eigenvalue weighted by atomic mass is 10.0. The number of rotatable bonds is 6. The van der Waals surface area contributed by atoms with Crippen LogP contribution < -0.4 is 5.32 Å². The first kappa shape index (κ1) is 16.7. The van der Waals surface area contributed by atoms with E-state index in [1.807, 2.05) is 47.5 Å². The quantitative estimate of drug-likeness (QED) is 0.817. The monoisotopic (exact) mass is 342 g/mol. The number of nitrogens with one attached hydrogen (secondary N) is 1. The summed E-state index contributed by atoms with van der Waals surface area (Å²) in [6.45, 7) is 4.22. The van der Waals surface area contributed by atoms with Crippen molar-refractivity contribution in [3.05, 3.63) is 46.2 Å². The summed E-state index contributed by atoms with van der Waals surface area (Å²) in [4.78, 5) is 27.1. The predicted octanol–water partition coefficient (Wildman–Crippen LogP) is 3.47. The fraction of sp³-hybridized carbons (Fsp3) is 0.368. The van der Waals surface area contributed by atoms with Gasteiger partial charge in [-0.3, -0.25) is 9.59 Å². The number of carbonyl (C=O) groups is 2. The average molecular weight is 342 g/mol. The van der Waals surface area contributed by atoms with E-state index in [-0.39, 0.29) is 11.8 Å². The van der Waals surface area contributed by atoms with Crippen molar-refractivity contribution in [2.45, 2.75) is 26.2 Å². The zero-order valence-electron chi connectivity index (χ0n) is 13.9. The molecule has 2 aromatic rings. The van der Waals surface area contributed by atoms with Crippen molar-refractivity contribution < 1.29 is 9.59 Å². The summed E-state index contributed by atoms with van der Waals surface area (Å²) >= 11 is 1.60. The number of hydrogen-bond donors (Lipinski definition) is 1. The molecular formula is C19H22N2O2S. The van der Waals surface area contributed by atoms with Crippen LogP contribution in [0.25, 0.3) is 11.1 Å². The Hall–Kier alpha value is -2.14. The van der Waals surface area contributed by atoms with Crippen molar-refractivity contribution >= 4 is 23.2 Å². The molecule has 0 saturated carbocycles. The van der Waals surface area contributed by atoms with Gasteiger partial charge in [-0.05, 0) is 25.3 Å². The molecule has 24 heavy (non-hydrogen) atoms. The third-order valence-electron chi connectivity index (χ3n) is 4.34. The molecule has 5 heteroatoms. The highest BCUT2D eigenvalue weighted by molar-refractivity contribution is 7.10. The van der Waals surface area contributed by atoms with E-state index < -0.39 is 0 Å². The van der Waals surface area contributed by atoms with Gasteiger partial charge in [0.05, 0.1) is 5.56 Å². The maximum Gasteiger partial charge on any atom is 0.252 e. The van der Waals surface area contributed by atoms with E-state index in [2.05, 4.69) is 5.32 Å². The Bertz CT molecular complexity index is 724. The first-order valence-electron chi connectivity index (χ1n) is 8.36. The van der Waals surface area contributed by atoms with E-state index in [9.17, 15) is 9.59 Å². The highest BCUT2D eigenvalue weighted by atomic mass is 32.1. The smallest absolute Gasteiger partial charge is 0.252 e. The first-order valence-corrected chi connectivity index (χ1v) is 9.24. The van der Waals surface area contributed by atoms with Gasteiger partial charge in [-0.25, -0.2) is 0 Å². The first-order chi connectivity index (χ1) is 11.7. The summed E-state index contributed by atoms with van der Waals surface area (Å²) in [5, 5.41) is 4.92. The zero-order chi connectivity index (χ0) is 16.9. The minimum Gasteiger partial charge on any atom is -0.352 e. The number of amides is 2. The van der Waals surface area contributed by atoms with Crippen LogP contribution in [0.3, 0.4) is 0 Å². The summed E-state index contributed by atoms with van der Waals surface area (Å²) in [7, 11) is 0. The van der Waals surface area contributed by atoms with E-state index in [0.29, 0.717) is 13.0 Å². The molecule has 0 atom stereocenters. The second kappa shape index (κ2) is 7.62. The van der Waals surface area contributed by atoms with E-state index in [4.69, 9.17) is 0 Å². The summed E-state index contributed by atoms with van der Waals surface area (Å²) in [5.74, 6) is 0.201. The van der Waals surface area contributed by atoms with Crippen molar-refractivity contribution in [2.24, 2.45) is 0 Å². The molecule has 0 radical (unpaired) electrons. The largest absolute Gasteiger partial charge is 0.352 e. The number of likely N-dealkylation sites (tertiary alicyclic amines) is 1. The minimum absolute atomic E-state index is 0.0362. The molecule has 126 valence electrons. The van der Waals surface area contributed by atoms with Gasteiger partial charge >= 0.3 is 0 Å². The number of carbonyl (C=O) groups excluding carboxylic acids is 2. The van der Waals surface area contributed by atoms with Gasteiger partial charge in [-0.1, -0.05) is 30.3 Å². The fourth-order valence-electron chi connectivity index (χ4n) is 3.09. The SMILES string of the molecule is Cc1scc(C(=O)NCCCN2CCCC2=O)c1-c1ccccc1. The van der Waals surface area contributed by atoms with Crippen LogP contribution in [0.4, 0.5) is 0 Å². The molecule has 3 rings (SSSR count). The molecule has 2 heterocycles. The standard InChI is InChI=1S/C19H22N2O2S/c1-14-18(15-7-3-2-4-8-15)16(13-24-14)19(23)20-10-6-12-21-11-5-9-17(21)22/h2-4,7-8,13H,5-6,9-12H2,1H3,(H,20,23). The highest BCUT2D eigenvalue weighted by Gasteiger charge is 2.20. The normalized spacial score (nSPS) is 14.2. The number of hydrogen-bond acceptors (Lipinski definition) is 3. The molecule has 0 aliphatic carbocycles. The molecule has 4 nitrogen and oxygen atoms in total. The predicted molar refractivity (Wildman–Crippen MR) is 97.3 cm³/mol. The van der Waals surface area contributed by atoms with E-state index >= 15 is 0 Å². The van der Waals surface area contributed by atoms with Crippen LogP contribution in [-0.2, 0) is 4.79 Å². The number of benzene rings is 1. The molecule has 1 aromatic heterocycles. The highest BCUT2D eigenvalue weighted by Crippen LogP contribution is 2.32. The molecule has 1 aliphatic rings. The maximum absolute atomic E-state index is 12.5. The van der Waals surface area contributed by atoms with Crippen LogP contribution in [-0.4, -0.2) is 36.3 Å². The lowest BCUT2D eigenvalue weighted by Gasteiger charge is -2.15. The Kier molecular flexibility index (Phi) is 5.30. The van der Waals surface area contributed by atoms with Crippen LogP contribution in [0.1, 0.15) is 34.5 Å². The molecule has 0 bridgehead atoms. The van der Waals surface area contributed by atoms with Gasteiger partial charge in [0, 0.05) is 41.9 Å². The van der Waals surface area contributed by atoms with Crippen LogP contribution in [0.2, 0.25) is 0 Å². The molecule has 1 aromatic carbocycles. The lowest BCUT2D eigenvalue weighted by Crippen LogP contribution is -2.30. The summed E-state index contributed by atoms with van der Waals surface area (Å²) in [5.41, 5.74) is 2.83. The minimum atomic E-state index is -0.0362. The van der Waals surface area contributed by atoms with Crippen molar-refractivity contribution in [2.75, 3.05) is 19.6 Å². The van der Waals surface area contributed by atoms with E-state index in [0.717, 1.165) is 47.5 Å². The summed E-state index contributed by atoms with van der Waals surface area (Å²) < 4.78 is 0. The van der Waals surface area contributed by atoms with E-state index in [1.165, 1.54) is 0 Å². The zero-order valence-corrected chi connectivity index (χ0v) is 14.7. The van der Waals surface area contributed by atoms with Crippen LogP contribution in [0, 0.1) is 6.92 Å². The van der Waals surface area contributed by atoms with Gasteiger partial charge < -0.3 is 10.2 Å². The third kappa shape index (κ3) is 3.67. The Balaban J connectivity index is 1.59. The van der Waals surface area contributed by atoms with Crippen LogP contribution >= 0.6 is 11.3 Å². The third-order valence-corrected chi connectivity index (χ3v) is 5.26. The van der Waals surface area contributed by atoms with Crippen molar-refractivity contribution in [1.82, 2.24) is 10.2 Å². The fourth-order valence-corrected chi connectivity index (χ4v) is 3.96. The van der Waals surface area contributed by atoms with Crippen molar-refractivity contribution in [3.8, 4) is 11.1 Å². The average Bonchev–Trinajstić information content (AvgIpc) is 3.18. The summed E-state index contributed by atoms with van der Waals surface area (Å²) in [6, 6.07) is 10.0. The molecule has 2 amide bonds. The Morgan fingerprint density at radius 3 is 2.79 bits per heavy atom. The van der Waals surface area contributed by atoms with Crippen molar-refractivity contribution in [3.63, 3.8) is 0 Å². The molecule has 1 aliphatic heterocycles. The Labute approximate surface area is 146 Å². The van der Waals surface area contributed by atoms with Gasteiger partial charge in [0.15, 0.2) is 0 Å². The number of nitrogens with zero attached hydrogens (tertiary/aromatic N) is 1. The topological polar surface area (TPSA) is 49.4 Å². The molecule has 1 N–H and O–H groups in total. The molecular weight excluding hydrogens is 320 g/mol. The van der Waals surface area contributed by atoms with Crippen LogP contribution in [0.15, 0.2) is 35.7 Å². The number of aryl methyl sites for hydroxylation is 1. The van der Waals surface area contributed by atoms with Gasteiger partial charge in [0.1, 0.15) is 0 Å². The van der Waals surface area contributed by atoms with Crippen LogP contribution in [0.5, 0.6) is 0 Å². The Morgan fingerprint density at radius 2 is 2.08 bits per heavy atom. The molecule has 0 spiro atoms. The molecule has 1 saturated heterocycles. The molecule has 0 unspecified atom stereocenters. The Morgan fingerprint density at radius 1 is 1.29 bits per heavy atom. The van der Waals surface area contributed by atoms with Gasteiger partial charge in [-0.15, -0.1) is 11.3 Å². The summed E-state index contributed by atoms with van der Waals surface area (Å²) in [6.07, 6.45) is 2.42. The molecule has 1 fully saturated rings. The maximum atomic E-state index is 12.5. The second-order valence-corrected chi connectivity index (χ2v) is 7.12.